The lowest BCUT2D eigenvalue weighted by Crippen LogP contribution is -2.39. The Morgan fingerprint density at radius 3 is 1.92 bits per heavy atom. The van der Waals surface area contributed by atoms with Crippen molar-refractivity contribution in [3.05, 3.63) is 0 Å². The molecular formula is C8H14Cl4O. The van der Waals surface area contributed by atoms with Crippen LogP contribution in [0.1, 0.15) is 32.6 Å². The number of unbranched alkanes of at least 4 members (excludes halogenated alkanes) is 2. The molecule has 0 aliphatic heterocycles. The van der Waals surface area contributed by atoms with Gasteiger partial charge in [0.25, 0.3) is 0 Å². The van der Waals surface area contributed by atoms with Crippen LogP contribution >= 0.6 is 46.4 Å². The van der Waals surface area contributed by atoms with Gasteiger partial charge in [-0.1, -0.05) is 72.6 Å². The molecule has 0 aromatic rings. The Kier molecular flexibility index (Phi) is 6.38. The van der Waals surface area contributed by atoms with Crippen molar-refractivity contribution >= 4 is 46.4 Å². The van der Waals surface area contributed by atoms with Crippen LogP contribution in [-0.4, -0.2) is 20.4 Å². The van der Waals surface area contributed by atoms with Gasteiger partial charge in [0.15, 0.2) is 8.67 Å². The highest BCUT2D eigenvalue weighted by atomic mass is 35.5. The first-order valence-corrected chi connectivity index (χ1v) is 5.75. The third kappa shape index (κ3) is 4.44. The molecule has 0 unspecified atom stereocenters. The average molecular weight is 268 g/mol. The van der Waals surface area contributed by atoms with E-state index in [4.69, 9.17) is 51.5 Å². The van der Waals surface area contributed by atoms with E-state index in [1.165, 1.54) is 0 Å². The summed E-state index contributed by atoms with van der Waals surface area (Å²) in [5.74, 6) is 0. The predicted molar refractivity (Wildman–Crippen MR) is 60.1 cm³/mol. The van der Waals surface area contributed by atoms with E-state index in [1.807, 2.05) is 0 Å². The lowest BCUT2D eigenvalue weighted by Gasteiger charge is -2.31. The standard InChI is InChI=1S/C8H14Cl4O/c1-2-3-4-5-7(9,10)8(11,12)6-13/h13H,2-6H2,1H3. The Morgan fingerprint density at radius 2 is 1.54 bits per heavy atom. The lowest BCUT2D eigenvalue weighted by molar-refractivity contribution is 0.266. The normalized spacial score (nSPS) is 13.4. The van der Waals surface area contributed by atoms with Crippen LogP contribution in [0.5, 0.6) is 0 Å². The van der Waals surface area contributed by atoms with Gasteiger partial charge in [-0.2, -0.15) is 0 Å². The second kappa shape index (κ2) is 5.87. The molecule has 5 heteroatoms. The van der Waals surface area contributed by atoms with E-state index in [2.05, 4.69) is 6.92 Å². The summed E-state index contributed by atoms with van der Waals surface area (Å²) in [6, 6.07) is 0. The molecule has 0 aromatic heterocycles. The Hall–Kier alpha value is 1.12. The zero-order valence-corrected chi connectivity index (χ0v) is 10.5. The first kappa shape index (κ1) is 14.1. The molecule has 0 saturated heterocycles. The molecule has 0 rings (SSSR count). The fourth-order valence-corrected chi connectivity index (χ4v) is 1.47. The summed E-state index contributed by atoms with van der Waals surface area (Å²) in [5, 5.41) is 8.85. The summed E-state index contributed by atoms with van der Waals surface area (Å²) in [6.45, 7) is 1.63. The van der Waals surface area contributed by atoms with Gasteiger partial charge in [-0.3, -0.25) is 0 Å². The fraction of sp³-hybridized carbons (Fsp3) is 1.00. The number of aliphatic hydroxyl groups is 1. The van der Waals surface area contributed by atoms with E-state index in [1.54, 1.807) is 0 Å². The van der Waals surface area contributed by atoms with Gasteiger partial charge in [0, 0.05) is 0 Å². The molecule has 13 heavy (non-hydrogen) atoms. The largest absolute Gasteiger partial charge is 0.393 e. The number of rotatable bonds is 6. The van der Waals surface area contributed by atoms with Crippen LogP contribution in [-0.2, 0) is 0 Å². The van der Waals surface area contributed by atoms with Crippen LogP contribution in [0, 0.1) is 0 Å². The molecule has 0 amide bonds. The molecule has 1 N–H and O–H groups in total. The second-order valence-electron chi connectivity index (χ2n) is 3.02. The zero-order chi connectivity index (χ0) is 10.5. The molecule has 1 nitrogen and oxygen atoms in total. The fourth-order valence-electron chi connectivity index (χ4n) is 0.896. The highest BCUT2D eigenvalue weighted by Gasteiger charge is 2.45. The Labute approximate surface area is 99.3 Å². The maximum atomic E-state index is 8.85. The predicted octanol–water partition coefficient (Wildman–Crippen LogP) is 3.91. The van der Waals surface area contributed by atoms with Gasteiger partial charge >= 0.3 is 0 Å². The maximum Gasteiger partial charge on any atom is 0.173 e. The number of halogens is 4. The average Bonchev–Trinajstić information content (AvgIpc) is 2.04. The Bertz CT molecular complexity index is 147. The van der Waals surface area contributed by atoms with Gasteiger partial charge in [0.05, 0.1) is 6.61 Å². The molecule has 0 fully saturated rings. The number of alkyl halides is 4. The van der Waals surface area contributed by atoms with Gasteiger partial charge < -0.3 is 5.11 Å². The van der Waals surface area contributed by atoms with Gasteiger partial charge in [-0.15, -0.1) is 0 Å². The van der Waals surface area contributed by atoms with E-state index >= 15 is 0 Å². The summed E-state index contributed by atoms with van der Waals surface area (Å²) in [6.07, 6.45) is 3.43. The Balaban J connectivity index is 4.06. The van der Waals surface area contributed by atoms with E-state index in [0.717, 1.165) is 19.3 Å². The topological polar surface area (TPSA) is 20.2 Å². The quantitative estimate of drug-likeness (QED) is 0.572. The summed E-state index contributed by atoms with van der Waals surface area (Å²) < 4.78 is -2.76. The van der Waals surface area contributed by atoms with E-state index in [-0.39, 0.29) is 0 Å². The molecule has 0 saturated carbocycles. The van der Waals surface area contributed by atoms with Crippen molar-refractivity contribution in [2.75, 3.05) is 6.61 Å². The van der Waals surface area contributed by atoms with Crippen LogP contribution in [0.25, 0.3) is 0 Å². The number of hydrogen-bond donors (Lipinski definition) is 1. The molecule has 0 aliphatic rings. The number of hydrogen-bond acceptors (Lipinski definition) is 1. The van der Waals surface area contributed by atoms with Gasteiger partial charge in [0.1, 0.15) is 0 Å². The molecule has 0 aromatic carbocycles. The first-order valence-electron chi connectivity index (χ1n) is 4.24. The molecule has 0 bridgehead atoms. The SMILES string of the molecule is CCCCCC(Cl)(Cl)C(Cl)(Cl)CO. The maximum absolute atomic E-state index is 8.85. The van der Waals surface area contributed by atoms with Crippen molar-refractivity contribution in [3.8, 4) is 0 Å². The van der Waals surface area contributed by atoms with Crippen LogP contribution < -0.4 is 0 Å². The summed E-state index contributed by atoms with van der Waals surface area (Å²) in [4.78, 5) is 0. The summed E-state index contributed by atoms with van der Waals surface area (Å²) in [7, 11) is 0. The van der Waals surface area contributed by atoms with Crippen LogP contribution in [0.2, 0.25) is 0 Å². The highest BCUT2D eigenvalue weighted by molar-refractivity contribution is 6.62. The Morgan fingerprint density at radius 1 is 1.00 bits per heavy atom. The van der Waals surface area contributed by atoms with E-state index in [0.29, 0.717) is 6.42 Å². The van der Waals surface area contributed by atoms with E-state index < -0.39 is 15.3 Å². The summed E-state index contributed by atoms with van der Waals surface area (Å²) in [5.41, 5.74) is 0. The smallest absolute Gasteiger partial charge is 0.173 e. The van der Waals surface area contributed by atoms with Crippen LogP contribution in [0.3, 0.4) is 0 Å². The van der Waals surface area contributed by atoms with Crippen molar-refractivity contribution in [3.63, 3.8) is 0 Å². The van der Waals surface area contributed by atoms with Crippen LogP contribution in [0.15, 0.2) is 0 Å². The van der Waals surface area contributed by atoms with Gasteiger partial charge in [0.2, 0.25) is 0 Å². The first-order chi connectivity index (χ1) is 5.87. The van der Waals surface area contributed by atoms with Crippen molar-refractivity contribution in [2.45, 2.75) is 41.3 Å². The van der Waals surface area contributed by atoms with Gasteiger partial charge in [-0.05, 0) is 6.42 Å². The number of aliphatic hydroxyl groups excluding tert-OH is 1. The molecule has 0 aliphatic carbocycles. The highest BCUT2D eigenvalue weighted by Crippen LogP contribution is 2.45. The van der Waals surface area contributed by atoms with Crippen molar-refractivity contribution < 1.29 is 5.11 Å². The lowest BCUT2D eigenvalue weighted by atomic mass is 10.1. The minimum atomic E-state index is -1.48. The molecule has 0 radical (unpaired) electrons. The van der Waals surface area contributed by atoms with E-state index in [9.17, 15) is 0 Å². The molecule has 0 spiro atoms. The molecule has 0 heterocycles. The molecular weight excluding hydrogens is 254 g/mol. The summed E-state index contributed by atoms with van der Waals surface area (Å²) >= 11 is 23.3. The monoisotopic (exact) mass is 266 g/mol. The van der Waals surface area contributed by atoms with Crippen molar-refractivity contribution in [1.82, 2.24) is 0 Å². The van der Waals surface area contributed by atoms with Crippen molar-refractivity contribution in [2.24, 2.45) is 0 Å². The molecule has 0 atom stereocenters. The third-order valence-corrected chi connectivity index (χ3v) is 4.12. The minimum Gasteiger partial charge on any atom is -0.393 e. The van der Waals surface area contributed by atoms with Crippen molar-refractivity contribution in [1.29, 1.82) is 0 Å². The second-order valence-corrected chi connectivity index (χ2v) is 5.99. The zero-order valence-electron chi connectivity index (χ0n) is 7.49. The van der Waals surface area contributed by atoms with Crippen LogP contribution in [0.4, 0.5) is 0 Å². The third-order valence-electron chi connectivity index (χ3n) is 1.83. The minimum absolute atomic E-state index is 0.449. The van der Waals surface area contributed by atoms with Gasteiger partial charge in [-0.25, -0.2) is 0 Å². The molecule has 80 valence electrons.